The first kappa shape index (κ1) is 26.8. The molecule has 0 amide bonds. The lowest BCUT2D eigenvalue weighted by atomic mass is 9.92. The third kappa shape index (κ3) is 6.89. The molecule has 4 rings (SSSR count). The van der Waals surface area contributed by atoms with Crippen LogP contribution < -0.4 is 5.73 Å². The number of rotatable bonds is 7. The van der Waals surface area contributed by atoms with Crippen molar-refractivity contribution >= 4 is 5.57 Å². The SMILES string of the molecule is CC/C=C(\C=C/CC(C)(C)C)c1nnc(-c2ccc(-c3ccccc3)cc2)n1-c1ccccc1.CN. The standard InChI is InChI=1S/C31H33N3.CH5N/c1-5-13-26(16-12-23-31(2,3)4)29-32-33-30(34(29)28-17-10-7-11-18-28)27-21-19-25(20-22-27)24-14-8-6-9-15-24;1-2/h6-22H,5,23H2,1-4H3;2H2,1H3/b16-12-,26-13+;. The van der Waals surface area contributed by atoms with Crippen LogP contribution in [0.25, 0.3) is 33.8 Å². The highest BCUT2D eigenvalue weighted by molar-refractivity contribution is 5.74. The minimum atomic E-state index is 0.243. The first-order chi connectivity index (χ1) is 17.5. The van der Waals surface area contributed by atoms with Gasteiger partial charge in [0.15, 0.2) is 11.6 Å². The molecule has 1 aromatic heterocycles. The third-order valence-corrected chi connectivity index (χ3v) is 5.64. The Labute approximate surface area is 216 Å². The van der Waals surface area contributed by atoms with Crippen LogP contribution in [-0.2, 0) is 0 Å². The van der Waals surface area contributed by atoms with Gasteiger partial charge in [-0.1, -0.05) is 119 Å². The van der Waals surface area contributed by atoms with Crippen LogP contribution in [0.5, 0.6) is 0 Å². The first-order valence-corrected chi connectivity index (χ1v) is 12.6. The molecule has 1 heterocycles. The van der Waals surface area contributed by atoms with Gasteiger partial charge >= 0.3 is 0 Å². The van der Waals surface area contributed by atoms with E-state index in [9.17, 15) is 0 Å². The van der Waals surface area contributed by atoms with Crippen molar-refractivity contribution in [1.29, 1.82) is 0 Å². The molecule has 0 saturated carbocycles. The molecule has 3 aromatic carbocycles. The second kappa shape index (κ2) is 12.8. The fourth-order valence-electron chi connectivity index (χ4n) is 3.92. The van der Waals surface area contributed by atoms with Gasteiger partial charge in [-0.3, -0.25) is 4.57 Å². The number of aromatic nitrogens is 3. The number of benzene rings is 3. The minimum absolute atomic E-state index is 0.243. The van der Waals surface area contributed by atoms with E-state index in [4.69, 9.17) is 0 Å². The Balaban J connectivity index is 0.00000176. The molecule has 186 valence electrons. The molecule has 0 aliphatic heterocycles. The molecule has 4 nitrogen and oxygen atoms in total. The Hall–Kier alpha value is -3.76. The maximum atomic E-state index is 4.68. The summed E-state index contributed by atoms with van der Waals surface area (Å²) in [5, 5.41) is 9.34. The van der Waals surface area contributed by atoms with Crippen LogP contribution in [0.1, 0.15) is 46.4 Å². The largest absolute Gasteiger partial charge is 0.333 e. The van der Waals surface area contributed by atoms with Crippen LogP contribution in [0.2, 0.25) is 0 Å². The molecule has 2 N–H and O–H groups in total. The lowest BCUT2D eigenvalue weighted by molar-refractivity contribution is 0.420. The summed E-state index contributed by atoms with van der Waals surface area (Å²) in [6.45, 7) is 8.92. The van der Waals surface area contributed by atoms with E-state index in [1.807, 2.05) is 12.1 Å². The summed E-state index contributed by atoms with van der Waals surface area (Å²) in [7, 11) is 1.50. The molecule has 0 bridgehead atoms. The fraction of sp³-hybridized carbons (Fsp3) is 0.250. The van der Waals surface area contributed by atoms with Gasteiger partial charge in [0.1, 0.15) is 0 Å². The Morgan fingerprint density at radius 1 is 0.778 bits per heavy atom. The summed E-state index contributed by atoms with van der Waals surface area (Å²) < 4.78 is 2.17. The van der Waals surface area contributed by atoms with Crippen molar-refractivity contribution in [2.75, 3.05) is 7.05 Å². The number of allylic oxidation sites excluding steroid dienone is 4. The first-order valence-electron chi connectivity index (χ1n) is 12.6. The number of hydrogen-bond acceptors (Lipinski definition) is 3. The van der Waals surface area contributed by atoms with E-state index in [1.165, 1.54) is 18.2 Å². The van der Waals surface area contributed by atoms with Crippen molar-refractivity contribution in [3.8, 4) is 28.2 Å². The van der Waals surface area contributed by atoms with Gasteiger partial charge in [0, 0.05) is 16.8 Å². The van der Waals surface area contributed by atoms with Crippen LogP contribution in [0, 0.1) is 5.41 Å². The van der Waals surface area contributed by atoms with Gasteiger partial charge in [0.25, 0.3) is 0 Å². The molecule has 0 unspecified atom stereocenters. The highest BCUT2D eigenvalue weighted by Gasteiger charge is 2.18. The van der Waals surface area contributed by atoms with Crippen molar-refractivity contribution in [3.05, 3.63) is 109 Å². The predicted octanol–water partition coefficient (Wildman–Crippen LogP) is 7.96. The van der Waals surface area contributed by atoms with Gasteiger partial charge in [0.2, 0.25) is 0 Å². The van der Waals surface area contributed by atoms with Crippen molar-refractivity contribution in [2.45, 2.75) is 40.5 Å². The highest BCUT2D eigenvalue weighted by Crippen LogP contribution is 2.29. The van der Waals surface area contributed by atoms with Crippen LogP contribution in [0.3, 0.4) is 0 Å². The van der Waals surface area contributed by atoms with Crippen molar-refractivity contribution in [3.63, 3.8) is 0 Å². The molecule has 0 saturated heterocycles. The van der Waals surface area contributed by atoms with E-state index in [-0.39, 0.29) is 5.41 Å². The number of hydrogen-bond donors (Lipinski definition) is 1. The quantitative estimate of drug-likeness (QED) is 0.274. The van der Waals surface area contributed by atoms with Crippen LogP contribution >= 0.6 is 0 Å². The van der Waals surface area contributed by atoms with E-state index < -0.39 is 0 Å². The van der Waals surface area contributed by atoms with Gasteiger partial charge < -0.3 is 5.73 Å². The van der Waals surface area contributed by atoms with Crippen LogP contribution in [0.4, 0.5) is 0 Å². The average Bonchev–Trinajstić information content (AvgIpc) is 3.35. The van der Waals surface area contributed by atoms with Crippen molar-refractivity contribution in [1.82, 2.24) is 14.8 Å². The Bertz CT molecular complexity index is 1260. The summed E-state index contributed by atoms with van der Waals surface area (Å²) >= 11 is 0. The summed E-state index contributed by atoms with van der Waals surface area (Å²) in [5.74, 6) is 1.70. The highest BCUT2D eigenvalue weighted by atomic mass is 15.3. The maximum absolute atomic E-state index is 4.68. The van der Waals surface area contributed by atoms with Crippen LogP contribution in [-0.4, -0.2) is 21.8 Å². The number of para-hydroxylation sites is 1. The molecule has 0 fully saturated rings. The van der Waals surface area contributed by atoms with E-state index >= 15 is 0 Å². The van der Waals surface area contributed by atoms with E-state index in [0.29, 0.717) is 0 Å². The van der Waals surface area contributed by atoms with Crippen molar-refractivity contribution < 1.29 is 0 Å². The zero-order valence-corrected chi connectivity index (χ0v) is 22.1. The second-order valence-corrected chi connectivity index (χ2v) is 9.70. The molecule has 0 aliphatic rings. The van der Waals surface area contributed by atoms with Gasteiger partial charge in [-0.05, 0) is 48.6 Å². The smallest absolute Gasteiger partial charge is 0.168 e. The second-order valence-electron chi connectivity index (χ2n) is 9.70. The molecule has 0 radical (unpaired) electrons. The summed E-state index contributed by atoms with van der Waals surface area (Å²) in [5.41, 5.74) is 10.3. The van der Waals surface area contributed by atoms with Gasteiger partial charge in [-0.15, -0.1) is 10.2 Å². The molecule has 4 aromatic rings. The summed E-state index contributed by atoms with van der Waals surface area (Å²) in [6.07, 6.45) is 8.60. The predicted molar refractivity (Wildman–Crippen MR) is 154 cm³/mol. The Kier molecular flexibility index (Phi) is 9.54. The topological polar surface area (TPSA) is 56.7 Å². The molecule has 0 atom stereocenters. The lowest BCUT2D eigenvalue weighted by Gasteiger charge is -2.15. The molecular formula is C32H38N4. The average molecular weight is 479 g/mol. The monoisotopic (exact) mass is 478 g/mol. The van der Waals surface area contributed by atoms with E-state index in [1.54, 1.807) is 0 Å². The van der Waals surface area contributed by atoms with E-state index in [2.05, 4.69) is 139 Å². The normalized spacial score (nSPS) is 11.9. The molecule has 4 heteroatoms. The maximum Gasteiger partial charge on any atom is 0.168 e. The van der Waals surface area contributed by atoms with Gasteiger partial charge in [-0.2, -0.15) is 0 Å². The van der Waals surface area contributed by atoms with Gasteiger partial charge in [0.05, 0.1) is 0 Å². The zero-order valence-electron chi connectivity index (χ0n) is 22.1. The molecular weight excluding hydrogens is 440 g/mol. The molecule has 36 heavy (non-hydrogen) atoms. The summed E-state index contributed by atoms with van der Waals surface area (Å²) in [6, 6.07) is 29.4. The van der Waals surface area contributed by atoms with Crippen LogP contribution in [0.15, 0.2) is 103 Å². The number of nitrogens with two attached hydrogens (primary N) is 1. The zero-order chi connectivity index (χ0) is 26.0. The summed E-state index contributed by atoms with van der Waals surface area (Å²) in [4.78, 5) is 0. The minimum Gasteiger partial charge on any atom is -0.333 e. The number of nitrogens with zero attached hydrogens (tertiary/aromatic N) is 3. The third-order valence-electron chi connectivity index (χ3n) is 5.64. The Morgan fingerprint density at radius 2 is 1.33 bits per heavy atom. The fourth-order valence-corrected chi connectivity index (χ4v) is 3.92. The van der Waals surface area contributed by atoms with Gasteiger partial charge in [-0.25, -0.2) is 0 Å². The lowest BCUT2D eigenvalue weighted by Crippen LogP contribution is -2.03. The molecule has 0 aliphatic carbocycles. The molecule has 0 spiro atoms. The Morgan fingerprint density at radius 3 is 1.92 bits per heavy atom. The van der Waals surface area contributed by atoms with Crippen molar-refractivity contribution in [2.24, 2.45) is 11.1 Å². The van der Waals surface area contributed by atoms with E-state index in [0.717, 1.165) is 41.3 Å².